The van der Waals surface area contributed by atoms with Gasteiger partial charge in [-0.15, -0.1) is 11.3 Å². The number of nitrogens with one attached hydrogen (secondary N) is 1. The molecule has 1 aromatic heterocycles. The normalized spacial score (nSPS) is 10.6. The van der Waals surface area contributed by atoms with Gasteiger partial charge in [0.2, 0.25) is 0 Å². The summed E-state index contributed by atoms with van der Waals surface area (Å²) in [6.45, 7) is 5.90. The molecular formula is C20H21N3O2S. The topological polar surface area (TPSA) is 77.2 Å². The number of rotatable bonds is 5. The molecule has 0 atom stereocenters. The van der Waals surface area contributed by atoms with Gasteiger partial charge in [0.15, 0.2) is 11.7 Å². The zero-order valence-corrected chi connectivity index (χ0v) is 15.8. The van der Waals surface area contributed by atoms with Crippen LogP contribution < -0.4 is 15.8 Å². The molecule has 3 aromatic rings. The van der Waals surface area contributed by atoms with Crippen molar-refractivity contribution in [2.45, 2.75) is 20.8 Å². The molecule has 0 saturated carbocycles. The molecule has 2 aromatic carbocycles. The van der Waals surface area contributed by atoms with E-state index in [-0.39, 0.29) is 12.5 Å². The standard InChI is InChI=1S/C20H21N3O2S/c1-12-4-5-13(2)17(10-12)22-18(24)11-25-16-8-6-15(7-9-16)19-14(3)26-20(21)23-19/h4-10H,11H2,1-3H3,(H2,21,23)(H,22,24). The third-order valence-electron chi connectivity index (χ3n) is 3.98. The molecule has 6 heteroatoms. The molecule has 1 amide bonds. The second kappa shape index (κ2) is 7.58. The summed E-state index contributed by atoms with van der Waals surface area (Å²) in [4.78, 5) is 17.5. The Morgan fingerprint density at radius 2 is 1.88 bits per heavy atom. The van der Waals surface area contributed by atoms with E-state index in [0.29, 0.717) is 10.9 Å². The van der Waals surface area contributed by atoms with E-state index >= 15 is 0 Å². The van der Waals surface area contributed by atoms with Crippen molar-refractivity contribution in [3.63, 3.8) is 0 Å². The summed E-state index contributed by atoms with van der Waals surface area (Å²) in [6, 6.07) is 13.4. The lowest BCUT2D eigenvalue weighted by molar-refractivity contribution is -0.118. The molecule has 134 valence electrons. The van der Waals surface area contributed by atoms with Gasteiger partial charge in [0, 0.05) is 16.1 Å². The Hall–Kier alpha value is -2.86. The second-order valence-electron chi connectivity index (χ2n) is 6.14. The largest absolute Gasteiger partial charge is 0.484 e. The zero-order valence-electron chi connectivity index (χ0n) is 15.0. The van der Waals surface area contributed by atoms with Gasteiger partial charge in [-0.2, -0.15) is 0 Å². The van der Waals surface area contributed by atoms with Gasteiger partial charge >= 0.3 is 0 Å². The van der Waals surface area contributed by atoms with Crippen molar-refractivity contribution in [1.82, 2.24) is 4.98 Å². The first-order chi connectivity index (χ1) is 12.4. The fraction of sp³-hybridized carbons (Fsp3) is 0.200. The quantitative estimate of drug-likeness (QED) is 0.703. The van der Waals surface area contributed by atoms with Gasteiger partial charge < -0.3 is 15.8 Å². The lowest BCUT2D eigenvalue weighted by Gasteiger charge is -2.10. The van der Waals surface area contributed by atoms with Crippen LogP contribution in [0.5, 0.6) is 5.75 Å². The van der Waals surface area contributed by atoms with Crippen LogP contribution in [0, 0.1) is 20.8 Å². The molecule has 1 heterocycles. The number of ether oxygens (including phenoxy) is 1. The Kier molecular flexibility index (Phi) is 5.23. The van der Waals surface area contributed by atoms with E-state index in [1.54, 1.807) is 0 Å². The molecule has 0 saturated heterocycles. The number of nitrogens with two attached hydrogens (primary N) is 1. The summed E-state index contributed by atoms with van der Waals surface area (Å²) in [5.41, 5.74) is 10.5. The number of amides is 1. The molecule has 0 aliphatic rings. The summed E-state index contributed by atoms with van der Waals surface area (Å²) < 4.78 is 5.58. The van der Waals surface area contributed by atoms with Gasteiger partial charge in [-0.3, -0.25) is 4.79 Å². The average molecular weight is 367 g/mol. The number of aryl methyl sites for hydroxylation is 3. The number of nitrogen functional groups attached to an aromatic ring is 1. The minimum atomic E-state index is -0.189. The number of aromatic nitrogens is 1. The number of anilines is 2. The molecule has 0 unspecified atom stereocenters. The van der Waals surface area contributed by atoms with Gasteiger partial charge in [0.25, 0.3) is 5.91 Å². The van der Waals surface area contributed by atoms with Gasteiger partial charge in [0.05, 0.1) is 5.69 Å². The average Bonchev–Trinajstić information content (AvgIpc) is 2.95. The number of benzene rings is 2. The van der Waals surface area contributed by atoms with Crippen molar-refractivity contribution in [3.8, 4) is 17.0 Å². The number of thiazole rings is 1. The Bertz CT molecular complexity index is 933. The van der Waals surface area contributed by atoms with Gasteiger partial charge in [-0.1, -0.05) is 12.1 Å². The highest BCUT2D eigenvalue weighted by Crippen LogP contribution is 2.29. The Morgan fingerprint density at radius 3 is 2.54 bits per heavy atom. The Balaban J connectivity index is 1.60. The predicted molar refractivity (Wildman–Crippen MR) is 107 cm³/mol. The number of nitrogens with zero attached hydrogens (tertiary/aromatic N) is 1. The lowest BCUT2D eigenvalue weighted by Crippen LogP contribution is -2.20. The maximum Gasteiger partial charge on any atom is 0.262 e. The summed E-state index contributed by atoms with van der Waals surface area (Å²) >= 11 is 1.47. The molecule has 0 aliphatic carbocycles. The smallest absolute Gasteiger partial charge is 0.262 e. The van der Waals surface area contributed by atoms with E-state index < -0.39 is 0 Å². The lowest BCUT2D eigenvalue weighted by atomic mass is 10.1. The Morgan fingerprint density at radius 1 is 1.15 bits per heavy atom. The monoisotopic (exact) mass is 367 g/mol. The van der Waals surface area contributed by atoms with Crippen LogP contribution >= 0.6 is 11.3 Å². The highest BCUT2D eigenvalue weighted by atomic mass is 32.1. The van der Waals surface area contributed by atoms with E-state index in [2.05, 4.69) is 10.3 Å². The number of carbonyl (C=O) groups excluding carboxylic acids is 1. The molecule has 0 fully saturated rings. The van der Waals surface area contributed by atoms with E-state index in [4.69, 9.17) is 10.5 Å². The third-order valence-corrected chi connectivity index (χ3v) is 4.78. The van der Waals surface area contributed by atoms with Crippen molar-refractivity contribution in [2.75, 3.05) is 17.7 Å². The number of hydrogen-bond acceptors (Lipinski definition) is 5. The molecule has 0 aliphatic heterocycles. The molecule has 0 spiro atoms. The first-order valence-corrected chi connectivity index (χ1v) is 9.07. The third kappa shape index (κ3) is 4.21. The van der Waals surface area contributed by atoms with Crippen LogP contribution in [0.3, 0.4) is 0 Å². The van der Waals surface area contributed by atoms with Crippen LogP contribution in [0.2, 0.25) is 0 Å². The fourth-order valence-corrected chi connectivity index (χ4v) is 3.31. The summed E-state index contributed by atoms with van der Waals surface area (Å²) in [5.74, 6) is 0.441. The van der Waals surface area contributed by atoms with Crippen LogP contribution in [-0.2, 0) is 4.79 Å². The van der Waals surface area contributed by atoms with Gasteiger partial charge in [-0.25, -0.2) is 4.98 Å². The molecule has 0 bridgehead atoms. The molecule has 5 nitrogen and oxygen atoms in total. The molecule has 3 rings (SSSR count). The van der Waals surface area contributed by atoms with Crippen LogP contribution in [0.15, 0.2) is 42.5 Å². The Labute approximate surface area is 156 Å². The number of hydrogen-bond donors (Lipinski definition) is 2. The van der Waals surface area contributed by atoms with Crippen LogP contribution in [0.1, 0.15) is 16.0 Å². The van der Waals surface area contributed by atoms with Crippen molar-refractivity contribution in [1.29, 1.82) is 0 Å². The van der Waals surface area contributed by atoms with Gasteiger partial charge in [-0.05, 0) is 62.2 Å². The first-order valence-electron chi connectivity index (χ1n) is 8.25. The van der Waals surface area contributed by atoms with Crippen LogP contribution in [0.25, 0.3) is 11.3 Å². The zero-order chi connectivity index (χ0) is 18.7. The van der Waals surface area contributed by atoms with Crippen molar-refractivity contribution >= 4 is 28.1 Å². The van der Waals surface area contributed by atoms with Crippen LogP contribution in [0.4, 0.5) is 10.8 Å². The summed E-state index contributed by atoms with van der Waals surface area (Å²) in [7, 11) is 0. The second-order valence-corrected chi connectivity index (χ2v) is 7.37. The maximum atomic E-state index is 12.1. The molecule has 0 radical (unpaired) electrons. The van der Waals surface area contributed by atoms with E-state index in [1.165, 1.54) is 11.3 Å². The highest BCUT2D eigenvalue weighted by Gasteiger charge is 2.09. The maximum absolute atomic E-state index is 12.1. The first kappa shape index (κ1) is 17.9. The SMILES string of the molecule is Cc1ccc(C)c(NC(=O)COc2ccc(-c3nc(N)sc3C)cc2)c1. The highest BCUT2D eigenvalue weighted by molar-refractivity contribution is 7.15. The molecular weight excluding hydrogens is 346 g/mol. The van der Waals surface area contributed by atoms with Crippen molar-refractivity contribution < 1.29 is 9.53 Å². The summed E-state index contributed by atoms with van der Waals surface area (Å²) in [5, 5.41) is 3.44. The minimum absolute atomic E-state index is 0.0462. The summed E-state index contributed by atoms with van der Waals surface area (Å²) in [6.07, 6.45) is 0. The molecule has 26 heavy (non-hydrogen) atoms. The molecule has 3 N–H and O–H groups in total. The number of carbonyl (C=O) groups is 1. The van der Waals surface area contributed by atoms with E-state index in [0.717, 1.165) is 32.9 Å². The van der Waals surface area contributed by atoms with Crippen molar-refractivity contribution in [3.05, 3.63) is 58.5 Å². The fourth-order valence-electron chi connectivity index (χ4n) is 2.60. The van der Waals surface area contributed by atoms with E-state index in [9.17, 15) is 4.79 Å². The van der Waals surface area contributed by atoms with Gasteiger partial charge in [0.1, 0.15) is 5.75 Å². The predicted octanol–water partition coefficient (Wildman–Crippen LogP) is 4.34. The van der Waals surface area contributed by atoms with Crippen molar-refractivity contribution in [2.24, 2.45) is 0 Å². The minimum Gasteiger partial charge on any atom is -0.484 e. The van der Waals surface area contributed by atoms with Crippen LogP contribution in [-0.4, -0.2) is 17.5 Å². The van der Waals surface area contributed by atoms with E-state index in [1.807, 2.05) is 63.2 Å².